The molecule has 1 aromatic rings. The molecule has 0 aliphatic carbocycles. The second-order valence-corrected chi connectivity index (χ2v) is 8.15. The summed E-state index contributed by atoms with van der Waals surface area (Å²) in [6, 6.07) is 1.46. The number of rotatable bonds is 4. The summed E-state index contributed by atoms with van der Waals surface area (Å²) in [5, 5.41) is 9.43. The van der Waals surface area contributed by atoms with Crippen molar-refractivity contribution in [3.05, 3.63) is 29.6 Å². The van der Waals surface area contributed by atoms with E-state index < -0.39 is 35.4 Å². The van der Waals surface area contributed by atoms with Crippen LogP contribution in [0.3, 0.4) is 0 Å². The standard InChI is InChI=1S/C21H27F2N3O2/c1-21(2,17-10-6-4-8-15(25-17)20(27)28)16-9-5-3-7-14(24-16)13-11-12-18(22)26-19(13)23/h11-12,14-15H,3-10H2,1-2H3,(H,27,28). The lowest BCUT2D eigenvalue weighted by Crippen LogP contribution is -2.35. The number of pyridine rings is 1. The first-order valence-corrected chi connectivity index (χ1v) is 9.98. The summed E-state index contributed by atoms with van der Waals surface area (Å²) in [5.41, 5.74) is 1.57. The van der Waals surface area contributed by atoms with Crippen LogP contribution >= 0.6 is 0 Å². The highest BCUT2D eigenvalue weighted by Crippen LogP contribution is 2.36. The predicted molar refractivity (Wildman–Crippen MR) is 104 cm³/mol. The molecular weight excluding hydrogens is 364 g/mol. The van der Waals surface area contributed by atoms with Crippen LogP contribution in [0.2, 0.25) is 0 Å². The van der Waals surface area contributed by atoms with E-state index in [9.17, 15) is 18.7 Å². The summed E-state index contributed by atoms with van der Waals surface area (Å²) in [4.78, 5) is 24.3. The average Bonchev–Trinajstić information content (AvgIpc) is 3.03. The molecule has 2 aliphatic rings. The summed E-state index contributed by atoms with van der Waals surface area (Å²) in [7, 11) is 0. The Labute approximate surface area is 164 Å². The van der Waals surface area contributed by atoms with E-state index in [-0.39, 0.29) is 0 Å². The van der Waals surface area contributed by atoms with Crippen LogP contribution in [0, 0.1) is 17.3 Å². The van der Waals surface area contributed by atoms with E-state index in [1.54, 1.807) is 0 Å². The Bertz CT molecular complexity index is 805. The molecule has 0 spiro atoms. The maximum atomic E-state index is 14.2. The fourth-order valence-corrected chi connectivity index (χ4v) is 4.08. The summed E-state index contributed by atoms with van der Waals surface area (Å²) in [6.07, 6.45) is 6.27. The number of halogens is 2. The first kappa shape index (κ1) is 20.6. The van der Waals surface area contributed by atoms with Crippen LogP contribution < -0.4 is 0 Å². The number of carboxylic acids is 1. The number of aliphatic carboxylic acids is 1. The van der Waals surface area contributed by atoms with E-state index in [1.165, 1.54) is 6.07 Å². The maximum Gasteiger partial charge on any atom is 0.328 e. The van der Waals surface area contributed by atoms with Gasteiger partial charge < -0.3 is 5.11 Å². The van der Waals surface area contributed by atoms with Crippen LogP contribution in [0.25, 0.3) is 0 Å². The molecule has 0 amide bonds. The molecule has 7 heteroatoms. The molecule has 28 heavy (non-hydrogen) atoms. The number of hydrogen-bond donors (Lipinski definition) is 1. The van der Waals surface area contributed by atoms with Crippen molar-refractivity contribution in [3.8, 4) is 0 Å². The SMILES string of the molecule is CC(C)(C1=NC(C(=O)O)CCCC1)C1=NC(c2ccc(F)nc2F)CCCC1. The second-order valence-electron chi connectivity index (χ2n) is 8.15. The minimum atomic E-state index is -0.893. The Balaban J connectivity index is 1.96. The minimum absolute atomic E-state index is 0.308. The number of carboxylic acid groups (broad SMARTS) is 1. The molecule has 2 atom stereocenters. The monoisotopic (exact) mass is 391 g/mol. The molecule has 0 saturated heterocycles. The van der Waals surface area contributed by atoms with Crippen molar-refractivity contribution in [1.82, 2.24) is 4.98 Å². The molecule has 1 N–H and O–H groups in total. The zero-order chi connectivity index (χ0) is 20.3. The molecule has 0 fully saturated rings. The van der Waals surface area contributed by atoms with Crippen molar-refractivity contribution >= 4 is 17.4 Å². The third-order valence-corrected chi connectivity index (χ3v) is 5.84. The van der Waals surface area contributed by atoms with Gasteiger partial charge in [0.15, 0.2) is 0 Å². The van der Waals surface area contributed by atoms with E-state index in [1.807, 2.05) is 13.8 Å². The number of carbonyl (C=O) groups is 1. The van der Waals surface area contributed by atoms with Crippen molar-refractivity contribution in [2.75, 3.05) is 0 Å². The Morgan fingerprint density at radius 3 is 2.32 bits per heavy atom. The number of aromatic nitrogens is 1. The van der Waals surface area contributed by atoms with E-state index >= 15 is 0 Å². The van der Waals surface area contributed by atoms with Crippen molar-refractivity contribution in [2.24, 2.45) is 15.4 Å². The lowest BCUT2D eigenvalue weighted by molar-refractivity contribution is -0.138. The molecule has 3 heterocycles. The van der Waals surface area contributed by atoms with Crippen molar-refractivity contribution in [3.63, 3.8) is 0 Å². The summed E-state index contributed by atoms with van der Waals surface area (Å²) in [5.74, 6) is -2.55. The van der Waals surface area contributed by atoms with Gasteiger partial charge in [-0.1, -0.05) is 12.8 Å². The van der Waals surface area contributed by atoms with Crippen molar-refractivity contribution in [1.29, 1.82) is 0 Å². The van der Waals surface area contributed by atoms with E-state index in [0.717, 1.165) is 56.0 Å². The highest BCUT2D eigenvalue weighted by molar-refractivity contribution is 6.11. The number of aliphatic imine (C=N–C) groups is 2. The van der Waals surface area contributed by atoms with Gasteiger partial charge in [0, 0.05) is 22.4 Å². The zero-order valence-corrected chi connectivity index (χ0v) is 16.4. The molecular formula is C21H27F2N3O2. The molecule has 3 rings (SSSR count). The van der Waals surface area contributed by atoms with Crippen LogP contribution in [0.1, 0.15) is 76.8 Å². The lowest BCUT2D eigenvalue weighted by Gasteiger charge is -2.29. The van der Waals surface area contributed by atoms with Gasteiger partial charge in [0.25, 0.3) is 0 Å². The Morgan fingerprint density at radius 2 is 1.68 bits per heavy atom. The highest BCUT2D eigenvalue weighted by Gasteiger charge is 2.35. The summed E-state index contributed by atoms with van der Waals surface area (Å²) >= 11 is 0. The van der Waals surface area contributed by atoms with E-state index in [2.05, 4.69) is 9.98 Å². The van der Waals surface area contributed by atoms with Gasteiger partial charge in [0.2, 0.25) is 11.9 Å². The average molecular weight is 391 g/mol. The van der Waals surface area contributed by atoms with Gasteiger partial charge in [-0.2, -0.15) is 13.8 Å². The maximum absolute atomic E-state index is 14.2. The van der Waals surface area contributed by atoms with Crippen molar-refractivity contribution in [2.45, 2.75) is 77.3 Å². The van der Waals surface area contributed by atoms with Gasteiger partial charge in [0.1, 0.15) is 6.04 Å². The van der Waals surface area contributed by atoms with Crippen LogP contribution in [-0.4, -0.2) is 33.5 Å². The lowest BCUT2D eigenvalue weighted by atomic mass is 9.78. The number of nitrogens with zero attached hydrogens (tertiary/aromatic N) is 3. The largest absolute Gasteiger partial charge is 0.480 e. The third kappa shape index (κ3) is 4.45. The summed E-state index contributed by atoms with van der Waals surface area (Å²) in [6.45, 7) is 4.05. The number of hydrogen-bond acceptors (Lipinski definition) is 4. The van der Waals surface area contributed by atoms with Crippen LogP contribution in [0.4, 0.5) is 8.78 Å². The van der Waals surface area contributed by atoms with E-state index in [4.69, 9.17) is 4.99 Å². The Hall–Kier alpha value is -2.18. The molecule has 2 aliphatic heterocycles. The van der Waals surface area contributed by atoms with Crippen LogP contribution in [0.5, 0.6) is 0 Å². The van der Waals surface area contributed by atoms with Gasteiger partial charge in [0.05, 0.1) is 6.04 Å². The quantitative estimate of drug-likeness (QED) is 0.741. The highest BCUT2D eigenvalue weighted by atomic mass is 19.1. The molecule has 0 aromatic carbocycles. The fourth-order valence-electron chi connectivity index (χ4n) is 4.08. The Kier molecular flexibility index (Phi) is 6.20. The molecule has 2 unspecified atom stereocenters. The molecule has 0 saturated carbocycles. The normalized spacial score (nSPS) is 24.0. The minimum Gasteiger partial charge on any atom is -0.480 e. The third-order valence-electron chi connectivity index (χ3n) is 5.84. The molecule has 0 bridgehead atoms. The first-order chi connectivity index (χ1) is 13.3. The first-order valence-electron chi connectivity index (χ1n) is 9.98. The van der Waals surface area contributed by atoms with Crippen LogP contribution in [0.15, 0.2) is 22.1 Å². The van der Waals surface area contributed by atoms with Gasteiger partial charge in [-0.15, -0.1) is 0 Å². The Morgan fingerprint density at radius 1 is 1.04 bits per heavy atom. The smallest absolute Gasteiger partial charge is 0.328 e. The molecule has 5 nitrogen and oxygen atoms in total. The van der Waals surface area contributed by atoms with Gasteiger partial charge in [-0.3, -0.25) is 9.98 Å². The van der Waals surface area contributed by atoms with Gasteiger partial charge in [-0.05, 0) is 64.5 Å². The molecule has 1 aromatic heterocycles. The second kappa shape index (κ2) is 8.45. The molecule has 0 radical (unpaired) electrons. The van der Waals surface area contributed by atoms with Gasteiger partial charge >= 0.3 is 5.97 Å². The van der Waals surface area contributed by atoms with Crippen LogP contribution in [-0.2, 0) is 4.79 Å². The zero-order valence-electron chi connectivity index (χ0n) is 16.4. The molecule has 152 valence electrons. The topological polar surface area (TPSA) is 74.9 Å². The van der Waals surface area contributed by atoms with Crippen molar-refractivity contribution < 1.29 is 18.7 Å². The van der Waals surface area contributed by atoms with E-state index in [0.29, 0.717) is 18.4 Å². The predicted octanol–water partition coefficient (Wildman–Crippen LogP) is 4.91. The fraction of sp³-hybridized carbons (Fsp3) is 0.619. The summed E-state index contributed by atoms with van der Waals surface area (Å²) < 4.78 is 27.4. The van der Waals surface area contributed by atoms with Gasteiger partial charge in [-0.25, -0.2) is 4.79 Å².